The molecule has 7 heteroatoms. The summed E-state index contributed by atoms with van der Waals surface area (Å²) >= 11 is 11.4. The molecular weight excluding hydrogens is 315 g/mol. The van der Waals surface area contributed by atoms with E-state index in [1.807, 2.05) is 0 Å². The molecule has 2 rings (SSSR count). The van der Waals surface area contributed by atoms with Gasteiger partial charge in [-0.15, -0.1) is 0 Å². The first-order valence-electron chi connectivity index (χ1n) is 5.76. The summed E-state index contributed by atoms with van der Waals surface area (Å²) < 4.78 is 0. The van der Waals surface area contributed by atoms with E-state index in [4.69, 9.17) is 23.2 Å². The highest BCUT2D eigenvalue weighted by atomic mass is 35.5. The first-order valence-corrected chi connectivity index (χ1v) is 6.52. The number of carbonyl (C=O) groups excluding carboxylic acids is 1. The van der Waals surface area contributed by atoms with E-state index in [2.05, 4.69) is 4.99 Å². The summed E-state index contributed by atoms with van der Waals surface area (Å²) in [6.45, 7) is 0. The number of benzene rings is 2. The smallest absolute Gasteiger partial charge is 0.269 e. The van der Waals surface area contributed by atoms with Gasteiger partial charge in [-0.1, -0.05) is 23.7 Å². The zero-order valence-corrected chi connectivity index (χ0v) is 12.0. The number of non-ortho nitro benzene ring substituents is 1. The standard InChI is InChI=1S/C14H8Cl2N2O3/c15-13(9-1-3-10(4-2-9)14(16)19)17-11-5-7-12(8-6-11)18(20)21/h1-8H. The number of aliphatic imine (C=N–C) groups is 1. The van der Waals surface area contributed by atoms with Crippen LogP contribution in [0.1, 0.15) is 15.9 Å². The lowest BCUT2D eigenvalue weighted by Gasteiger charge is -2.00. The molecule has 0 fully saturated rings. The number of rotatable bonds is 4. The van der Waals surface area contributed by atoms with Crippen molar-refractivity contribution in [3.63, 3.8) is 0 Å². The highest BCUT2D eigenvalue weighted by molar-refractivity contribution is 6.70. The number of carbonyl (C=O) groups is 1. The summed E-state index contributed by atoms with van der Waals surface area (Å²) in [5, 5.41) is 10.2. The molecule has 0 aliphatic carbocycles. The molecule has 0 unspecified atom stereocenters. The van der Waals surface area contributed by atoms with E-state index in [-0.39, 0.29) is 10.9 Å². The number of hydrogen-bond donors (Lipinski definition) is 0. The van der Waals surface area contributed by atoms with Gasteiger partial charge in [0, 0.05) is 23.3 Å². The first kappa shape index (κ1) is 15.2. The van der Waals surface area contributed by atoms with Crippen LogP contribution in [0.3, 0.4) is 0 Å². The molecule has 0 heterocycles. The summed E-state index contributed by atoms with van der Waals surface area (Å²) in [6, 6.07) is 12.0. The summed E-state index contributed by atoms with van der Waals surface area (Å²) in [7, 11) is 0. The molecule has 5 nitrogen and oxygen atoms in total. The molecule has 106 valence electrons. The van der Waals surface area contributed by atoms with Crippen LogP contribution in [0.5, 0.6) is 0 Å². The lowest BCUT2D eigenvalue weighted by molar-refractivity contribution is -0.384. The topological polar surface area (TPSA) is 72.6 Å². The fourth-order valence-electron chi connectivity index (χ4n) is 1.57. The van der Waals surface area contributed by atoms with Crippen LogP contribution < -0.4 is 0 Å². The summed E-state index contributed by atoms with van der Waals surface area (Å²) in [4.78, 5) is 25.2. The molecule has 0 saturated heterocycles. The molecule has 2 aromatic rings. The van der Waals surface area contributed by atoms with Crippen molar-refractivity contribution in [2.75, 3.05) is 0 Å². The third-order valence-corrected chi connectivity index (χ3v) is 3.16. The van der Waals surface area contributed by atoms with Crippen molar-refractivity contribution >= 4 is 45.0 Å². The second-order valence-electron chi connectivity index (χ2n) is 4.03. The average Bonchev–Trinajstić information content (AvgIpc) is 2.47. The van der Waals surface area contributed by atoms with Crippen LogP contribution in [0.4, 0.5) is 11.4 Å². The monoisotopic (exact) mass is 322 g/mol. The molecule has 0 amide bonds. The quantitative estimate of drug-likeness (QED) is 0.365. The van der Waals surface area contributed by atoms with Crippen LogP contribution in [0.25, 0.3) is 0 Å². The lowest BCUT2D eigenvalue weighted by Crippen LogP contribution is -1.93. The second kappa shape index (κ2) is 6.47. The van der Waals surface area contributed by atoms with Crippen LogP contribution in [0.15, 0.2) is 53.5 Å². The third kappa shape index (κ3) is 3.87. The molecule has 0 radical (unpaired) electrons. The molecule has 21 heavy (non-hydrogen) atoms. The fraction of sp³-hybridized carbons (Fsp3) is 0. The fourth-order valence-corrected chi connectivity index (χ4v) is 1.92. The zero-order chi connectivity index (χ0) is 15.4. The summed E-state index contributed by atoms with van der Waals surface area (Å²) in [5.74, 6) is 0. The molecule has 2 aromatic carbocycles. The van der Waals surface area contributed by atoms with E-state index in [0.717, 1.165) is 0 Å². The van der Waals surface area contributed by atoms with Crippen molar-refractivity contribution in [2.24, 2.45) is 4.99 Å². The highest BCUT2D eigenvalue weighted by Gasteiger charge is 2.06. The SMILES string of the molecule is O=C(Cl)c1ccc(C(Cl)=Nc2ccc([N+](=O)[O-])cc2)cc1. The van der Waals surface area contributed by atoms with Crippen molar-refractivity contribution in [3.05, 3.63) is 69.8 Å². The molecule has 0 spiro atoms. The minimum atomic E-state index is -0.551. The first-order chi connectivity index (χ1) is 9.97. The van der Waals surface area contributed by atoms with Crippen molar-refractivity contribution in [3.8, 4) is 0 Å². The largest absolute Gasteiger partial charge is 0.276 e. The number of nitrogens with zero attached hydrogens (tertiary/aromatic N) is 2. The van der Waals surface area contributed by atoms with E-state index in [1.165, 1.54) is 24.3 Å². The van der Waals surface area contributed by atoms with Crippen LogP contribution in [-0.2, 0) is 0 Å². The third-order valence-electron chi connectivity index (χ3n) is 2.64. The molecule has 0 atom stereocenters. The number of nitro groups is 1. The van der Waals surface area contributed by atoms with Gasteiger partial charge in [-0.3, -0.25) is 14.9 Å². The van der Waals surface area contributed by atoms with Gasteiger partial charge in [0.2, 0.25) is 0 Å². The maximum Gasteiger partial charge on any atom is 0.269 e. The molecule has 0 aliphatic rings. The van der Waals surface area contributed by atoms with Crippen molar-refractivity contribution in [2.45, 2.75) is 0 Å². The maximum absolute atomic E-state index is 11.0. The Morgan fingerprint density at radius 1 is 0.952 bits per heavy atom. The van der Waals surface area contributed by atoms with Crippen molar-refractivity contribution in [1.29, 1.82) is 0 Å². The molecular formula is C14H8Cl2N2O3. The van der Waals surface area contributed by atoms with Gasteiger partial charge in [0.05, 0.1) is 10.6 Å². The van der Waals surface area contributed by atoms with Gasteiger partial charge in [-0.05, 0) is 35.9 Å². The van der Waals surface area contributed by atoms with E-state index in [0.29, 0.717) is 16.8 Å². The highest BCUT2D eigenvalue weighted by Crippen LogP contribution is 2.20. The zero-order valence-electron chi connectivity index (χ0n) is 10.5. The molecule has 0 aromatic heterocycles. The number of nitro benzene ring substituents is 1. The second-order valence-corrected chi connectivity index (χ2v) is 4.73. The van der Waals surface area contributed by atoms with Crippen LogP contribution in [0.2, 0.25) is 0 Å². The normalized spacial score (nSPS) is 11.2. The van der Waals surface area contributed by atoms with E-state index in [9.17, 15) is 14.9 Å². The average molecular weight is 323 g/mol. The van der Waals surface area contributed by atoms with Gasteiger partial charge < -0.3 is 0 Å². The summed E-state index contributed by atoms with van der Waals surface area (Å²) in [6.07, 6.45) is 0. The predicted molar refractivity (Wildman–Crippen MR) is 81.8 cm³/mol. The molecule has 0 saturated carbocycles. The van der Waals surface area contributed by atoms with Gasteiger partial charge >= 0.3 is 0 Å². The Bertz CT molecular complexity index is 710. The molecule has 0 N–H and O–H groups in total. The Morgan fingerprint density at radius 3 is 1.95 bits per heavy atom. The van der Waals surface area contributed by atoms with E-state index >= 15 is 0 Å². The molecule has 0 bridgehead atoms. The van der Waals surface area contributed by atoms with Crippen LogP contribution in [0, 0.1) is 10.1 Å². The van der Waals surface area contributed by atoms with Gasteiger partial charge in [0.15, 0.2) is 0 Å². The van der Waals surface area contributed by atoms with Crippen LogP contribution >= 0.6 is 23.2 Å². The Kier molecular flexibility index (Phi) is 4.67. The van der Waals surface area contributed by atoms with Gasteiger partial charge in [-0.2, -0.15) is 0 Å². The van der Waals surface area contributed by atoms with Gasteiger partial charge in [0.1, 0.15) is 5.17 Å². The predicted octanol–water partition coefficient (Wildman–Crippen LogP) is 4.29. The minimum absolute atomic E-state index is 0.0185. The lowest BCUT2D eigenvalue weighted by atomic mass is 10.1. The summed E-state index contributed by atoms with van der Waals surface area (Å²) in [5.41, 5.74) is 1.44. The number of hydrogen-bond acceptors (Lipinski definition) is 4. The Labute approximate surface area is 130 Å². The van der Waals surface area contributed by atoms with Gasteiger partial charge in [0.25, 0.3) is 10.9 Å². The Hall–Kier alpha value is -2.24. The van der Waals surface area contributed by atoms with Gasteiger partial charge in [-0.25, -0.2) is 4.99 Å². The van der Waals surface area contributed by atoms with Crippen molar-refractivity contribution < 1.29 is 9.72 Å². The Balaban J connectivity index is 2.23. The number of halogens is 2. The maximum atomic E-state index is 11.0. The van der Waals surface area contributed by atoms with E-state index < -0.39 is 10.2 Å². The van der Waals surface area contributed by atoms with Crippen LogP contribution in [-0.4, -0.2) is 15.3 Å². The Morgan fingerprint density at radius 2 is 1.48 bits per heavy atom. The minimum Gasteiger partial charge on any atom is -0.276 e. The van der Waals surface area contributed by atoms with Crippen molar-refractivity contribution in [1.82, 2.24) is 0 Å². The van der Waals surface area contributed by atoms with E-state index in [1.54, 1.807) is 24.3 Å². The molecule has 0 aliphatic heterocycles.